The van der Waals surface area contributed by atoms with Crippen LogP contribution in [0.2, 0.25) is 0 Å². The van der Waals surface area contributed by atoms with Gasteiger partial charge in [-0.25, -0.2) is 4.98 Å². The maximum atomic E-state index is 11.8. The third kappa shape index (κ3) is 2.52. The molecule has 1 N–H and O–H groups in total. The van der Waals surface area contributed by atoms with Gasteiger partial charge >= 0.3 is 0 Å². The van der Waals surface area contributed by atoms with E-state index < -0.39 is 0 Å². The minimum absolute atomic E-state index is 0.0981. The highest BCUT2D eigenvalue weighted by molar-refractivity contribution is 5.98. The number of nitrogens with one attached hydrogen (secondary N) is 1. The van der Waals surface area contributed by atoms with E-state index in [1.54, 1.807) is 6.07 Å². The Balaban J connectivity index is 1.82. The van der Waals surface area contributed by atoms with Gasteiger partial charge in [-0.2, -0.15) is 5.26 Å². The average Bonchev–Trinajstić information content (AvgIpc) is 2.98. The third-order valence-corrected chi connectivity index (χ3v) is 3.86. The summed E-state index contributed by atoms with van der Waals surface area (Å²) in [5, 5.41) is 12.4. The minimum atomic E-state index is 0.0981. The summed E-state index contributed by atoms with van der Waals surface area (Å²) in [5.41, 5.74) is 1.88. The molecule has 1 atom stereocenters. The van der Waals surface area contributed by atoms with Gasteiger partial charge in [-0.3, -0.25) is 4.79 Å². The van der Waals surface area contributed by atoms with E-state index in [2.05, 4.69) is 16.4 Å². The molecule has 5 heteroatoms. The van der Waals surface area contributed by atoms with Gasteiger partial charge in [-0.15, -0.1) is 0 Å². The minimum Gasteiger partial charge on any atom is -0.376 e. The van der Waals surface area contributed by atoms with Gasteiger partial charge in [-0.05, 0) is 31.7 Å². The number of Topliss-reactive ketones (excluding diaryl/α,β-unsaturated/α-hetero) is 1. The highest BCUT2D eigenvalue weighted by Crippen LogP contribution is 2.24. The molecule has 0 saturated carbocycles. The molecule has 0 bridgehead atoms. The number of ether oxygens (including phenoxy) is 1. The summed E-state index contributed by atoms with van der Waals surface area (Å²) in [7, 11) is 0. The molecular weight excluding hydrogens is 254 g/mol. The van der Waals surface area contributed by atoms with Crippen molar-refractivity contribution in [1.29, 1.82) is 5.26 Å². The molecule has 104 valence electrons. The summed E-state index contributed by atoms with van der Waals surface area (Å²) in [6.07, 6.45) is 4.53. The molecule has 1 aromatic heterocycles. The van der Waals surface area contributed by atoms with Crippen LogP contribution in [0.15, 0.2) is 6.07 Å². The van der Waals surface area contributed by atoms with Crippen LogP contribution in [0, 0.1) is 11.3 Å². The van der Waals surface area contributed by atoms with E-state index >= 15 is 0 Å². The molecule has 1 aromatic rings. The molecule has 1 aliphatic carbocycles. The number of ketones is 1. The first kappa shape index (κ1) is 13.1. The summed E-state index contributed by atoms with van der Waals surface area (Å²) < 4.78 is 5.55. The van der Waals surface area contributed by atoms with Crippen LogP contribution in [0.1, 0.15) is 47.3 Å². The lowest BCUT2D eigenvalue weighted by atomic mass is 9.93. The lowest BCUT2D eigenvalue weighted by molar-refractivity contribution is 0.0971. The zero-order valence-corrected chi connectivity index (χ0v) is 11.3. The SMILES string of the molecule is N#Cc1cc2c(nc1NCC1CCCO1)CCCC2=O. The summed E-state index contributed by atoms with van der Waals surface area (Å²) >= 11 is 0. The second-order valence-electron chi connectivity index (χ2n) is 5.28. The summed E-state index contributed by atoms with van der Waals surface area (Å²) in [6, 6.07) is 3.81. The van der Waals surface area contributed by atoms with Crippen LogP contribution in [0.4, 0.5) is 5.82 Å². The number of carbonyl (C=O) groups excluding carboxylic acids is 1. The van der Waals surface area contributed by atoms with Crippen LogP contribution in [-0.2, 0) is 11.2 Å². The molecule has 5 nitrogen and oxygen atoms in total. The molecule has 3 rings (SSSR count). The Morgan fingerprint density at radius 3 is 3.10 bits per heavy atom. The fourth-order valence-electron chi connectivity index (χ4n) is 2.77. The second kappa shape index (κ2) is 5.59. The predicted molar refractivity (Wildman–Crippen MR) is 73.7 cm³/mol. The number of nitrogens with zero attached hydrogens (tertiary/aromatic N) is 2. The normalized spacial score (nSPS) is 21.4. The summed E-state index contributed by atoms with van der Waals surface area (Å²) in [6.45, 7) is 1.47. The van der Waals surface area contributed by atoms with Crippen molar-refractivity contribution in [2.24, 2.45) is 0 Å². The van der Waals surface area contributed by atoms with Gasteiger partial charge in [0.2, 0.25) is 0 Å². The molecule has 0 aromatic carbocycles. The van der Waals surface area contributed by atoms with Gasteiger partial charge < -0.3 is 10.1 Å². The molecule has 0 radical (unpaired) electrons. The van der Waals surface area contributed by atoms with Crippen molar-refractivity contribution in [3.63, 3.8) is 0 Å². The molecule has 20 heavy (non-hydrogen) atoms. The number of rotatable bonds is 3. The first-order valence-corrected chi connectivity index (χ1v) is 7.10. The molecular formula is C15H17N3O2. The van der Waals surface area contributed by atoms with Crippen LogP contribution in [-0.4, -0.2) is 30.0 Å². The highest BCUT2D eigenvalue weighted by Gasteiger charge is 2.22. The molecule has 2 aliphatic rings. The van der Waals surface area contributed by atoms with E-state index in [0.717, 1.165) is 38.0 Å². The number of aromatic nitrogens is 1. The number of nitriles is 1. The number of fused-ring (bicyclic) bond motifs is 1. The van der Waals surface area contributed by atoms with E-state index in [1.807, 2.05) is 0 Å². The maximum absolute atomic E-state index is 11.8. The van der Waals surface area contributed by atoms with Gasteiger partial charge in [0.15, 0.2) is 5.78 Å². The zero-order chi connectivity index (χ0) is 13.9. The fraction of sp³-hybridized carbons (Fsp3) is 0.533. The first-order chi connectivity index (χ1) is 9.78. The topological polar surface area (TPSA) is 75.0 Å². The number of carbonyl (C=O) groups is 1. The largest absolute Gasteiger partial charge is 0.376 e. The van der Waals surface area contributed by atoms with Crippen molar-refractivity contribution in [3.8, 4) is 6.07 Å². The van der Waals surface area contributed by atoms with Gasteiger partial charge in [0.25, 0.3) is 0 Å². The monoisotopic (exact) mass is 271 g/mol. The van der Waals surface area contributed by atoms with Crippen LogP contribution in [0.3, 0.4) is 0 Å². The first-order valence-electron chi connectivity index (χ1n) is 7.10. The molecule has 1 aliphatic heterocycles. The van der Waals surface area contributed by atoms with Crippen molar-refractivity contribution in [3.05, 3.63) is 22.9 Å². The maximum Gasteiger partial charge on any atom is 0.164 e. The fourth-order valence-corrected chi connectivity index (χ4v) is 2.77. The smallest absolute Gasteiger partial charge is 0.164 e. The van der Waals surface area contributed by atoms with E-state index in [9.17, 15) is 10.1 Å². The quantitative estimate of drug-likeness (QED) is 0.910. The lowest BCUT2D eigenvalue weighted by Gasteiger charge is -2.17. The van der Waals surface area contributed by atoms with Crippen molar-refractivity contribution in [2.45, 2.75) is 38.2 Å². The van der Waals surface area contributed by atoms with Crippen LogP contribution in [0.5, 0.6) is 0 Å². The summed E-state index contributed by atoms with van der Waals surface area (Å²) in [4.78, 5) is 16.3. The number of anilines is 1. The van der Waals surface area contributed by atoms with Crippen molar-refractivity contribution in [1.82, 2.24) is 4.98 Å². The number of hydrogen-bond acceptors (Lipinski definition) is 5. The van der Waals surface area contributed by atoms with Crippen molar-refractivity contribution < 1.29 is 9.53 Å². The van der Waals surface area contributed by atoms with E-state index in [-0.39, 0.29) is 11.9 Å². The molecule has 0 spiro atoms. The van der Waals surface area contributed by atoms with Crippen molar-refractivity contribution >= 4 is 11.6 Å². The molecule has 2 heterocycles. The Kier molecular flexibility index (Phi) is 3.66. The molecule has 1 saturated heterocycles. The lowest BCUT2D eigenvalue weighted by Crippen LogP contribution is -2.21. The molecule has 0 amide bonds. The zero-order valence-electron chi connectivity index (χ0n) is 11.3. The van der Waals surface area contributed by atoms with Crippen LogP contribution >= 0.6 is 0 Å². The Morgan fingerprint density at radius 2 is 2.35 bits per heavy atom. The Morgan fingerprint density at radius 1 is 1.45 bits per heavy atom. The summed E-state index contributed by atoms with van der Waals surface area (Å²) in [5.74, 6) is 0.678. The van der Waals surface area contributed by atoms with Gasteiger partial charge in [0, 0.05) is 25.1 Å². The van der Waals surface area contributed by atoms with Crippen molar-refractivity contribution in [2.75, 3.05) is 18.5 Å². The predicted octanol–water partition coefficient (Wildman–Crippen LogP) is 2.06. The Bertz CT molecular complexity index is 571. The van der Waals surface area contributed by atoms with Gasteiger partial charge in [0.1, 0.15) is 11.9 Å². The number of hydrogen-bond donors (Lipinski definition) is 1. The van der Waals surface area contributed by atoms with E-state index in [0.29, 0.717) is 29.9 Å². The Hall–Kier alpha value is -1.93. The molecule has 1 fully saturated rings. The van der Waals surface area contributed by atoms with Gasteiger partial charge in [-0.1, -0.05) is 0 Å². The molecule has 1 unspecified atom stereocenters. The Labute approximate surface area is 118 Å². The number of aryl methyl sites for hydroxylation is 1. The van der Waals surface area contributed by atoms with E-state index in [4.69, 9.17) is 4.74 Å². The van der Waals surface area contributed by atoms with E-state index in [1.165, 1.54) is 0 Å². The second-order valence-corrected chi connectivity index (χ2v) is 5.28. The van der Waals surface area contributed by atoms with Gasteiger partial charge in [0.05, 0.1) is 17.4 Å². The van der Waals surface area contributed by atoms with Crippen LogP contribution in [0.25, 0.3) is 0 Å². The average molecular weight is 271 g/mol. The third-order valence-electron chi connectivity index (χ3n) is 3.86. The highest BCUT2D eigenvalue weighted by atomic mass is 16.5. The number of pyridine rings is 1. The van der Waals surface area contributed by atoms with Crippen LogP contribution < -0.4 is 5.32 Å². The standard InChI is InChI=1S/C15H17N3O2/c16-8-10-7-12-13(4-1-5-14(12)19)18-15(10)17-9-11-3-2-6-20-11/h7,11H,1-6,9H2,(H,17,18).